The molecule has 0 saturated carbocycles. The summed E-state index contributed by atoms with van der Waals surface area (Å²) in [4.78, 5) is 11.5. The third-order valence-corrected chi connectivity index (χ3v) is 2.36. The van der Waals surface area contributed by atoms with Crippen LogP contribution >= 0.6 is 0 Å². The van der Waals surface area contributed by atoms with Gasteiger partial charge in [0.05, 0.1) is 0 Å². The molecule has 0 spiro atoms. The number of aryl methyl sites for hydroxylation is 1. The van der Waals surface area contributed by atoms with Crippen LogP contribution in [0.3, 0.4) is 0 Å². The fraction of sp³-hybridized carbons (Fsp3) is 0.455. The van der Waals surface area contributed by atoms with Gasteiger partial charge in [-0.05, 0) is 0 Å². The first-order valence-electron chi connectivity index (χ1n) is 5.12. The van der Waals surface area contributed by atoms with Crippen LogP contribution in [-0.4, -0.2) is 18.6 Å². The molecular formula is C11H14F3N2O+. The second-order valence-corrected chi connectivity index (χ2v) is 3.76. The van der Waals surface area contributed by atoms with E-state index in [1.807, 2.05) is 5.32 Å². The molecule has 6 heteroatoms. The highest BCUT2D eigenvalue weighted by molar-refractivity contribution is 5.78. The second kappa shape index (κ2) is 5.16. The fourth-order valence-electron chi connectivity index (χ4n) is 1.44. The SMILES string of the molecule is Cc1cccc[n+]1[C@H](C)C(=O)NCC(F)(F)F. The summed E-state index contributed by atoms with van der Waals surface area (Å²) >= 11 is 0. The normalized spacial score (nSPS) is 13.2. The van der Waals surface area contributed by atoms with Gasteiger partial charge in [0.15, 0.2) is 11.9 Å². The molecule has 1 rings (SSSR count). The third kappa shape index (κ3) is 4.05. The molecular weight excluding hydrogens is 233 g/mol. The van der Waals surface area contributed by atoms with Gasteiger partial charge in [0.25, 0.3) is 5.91 Å². The number of aromatic nitrogens is 1. The van der Waals surface area contributed by atoms with E-state index in [2.05, 4.69) is 0 Å². The first-order chi connectivity index (χ1) is 7.81. The van der Waals surface area contributed by atoms with Gasteiger partial charge in [-0.25, -0.2) is 0 Å². The Morgan fingerprint density at radius 1 is 1.47 bits per heavy atom. The number of rotatable bonds is 3. The molecule has 0 aliphatic heterocycles. The quantitative estimate of drug-likeness (QED) is 0.807. The molecule has 0 aliphatic rings. The van der Waals surface area contributed by atoms with Gasteiger partial charge >= 0.3 is 6.18 Å². The minimum atomic E-state index is -4.38. The van der Waals surface area contributed by atoms with E-state index in [0.717, 1.165) is 5.69 Å². The zero-order valence-electron chi connectivity index (χ0n) is 9.58. The lowest BCUT2D eigenvalue weighted by molar-refractivity contribution is -0.711. The maximum Gasteiger partial charge on any atom is 0.405 e. The third-order valence-electron chi connectivity index (χ3n) is 2.36. The molecule has 0 aliphatic carbocycles. The summed E-state index contributed by atoms with van der Waals surface area (Å²) < 4.78 is 37.4. The minimum Gasteiger partial charge on any atom is -0.341 e. The average molecular weight is 247 g/mol. The second-order valence-electron chi connectivity index (χ2n) is 3.76. The van der Waals surface area contributed by atoms with Crippen LogP contribution < -0.4 is 9.88 Å². The first kappa shape index (κ1) is 13.5. The highest BCUT2D eigenvalue weighted by atomic mass is 19.4. The summed E-state index contributed by atoms with van der Waals surface area (Å²) in [6.45, 7) is 2.04. The van der Waals surface area contributed by atoms with Crippen molar-refractivity contribution in [1.82, 2.24) is 5.32 Å². The molecule has 17 heavy (non-hydrogen) atoms. The van der Waals surface area contributed by atoms with Crippen molar-refractivity contribution in [1.29, 1.82) is 0 Å². The maximum atomic E-state index is 11.9. The number of carbonyl (C=O) groups excluding carboxylic acids is 1. The van der Waals surface area contributed by atoms with E-state index in [-0.39, 0.29) is 0 Å². The van der Waals surface area contributed by atoms with Gasteiger partial charge in [-0.15, -0.1) is 0 Å². The Hall–Kier alpha value is -1.59. The van der Waals surface area contributed by atoms with E-state index >= 15 is 0 Å². The Morgan fingerprint density at radius 2 is 2.12 bits per heavy atom. The van der Waals surface area contributed by atoms with E-state index < -0.39 is 24.7 Å². The zero-order valence-corrected chi connectivity index (χ0v) is 9.58. The van der Waals surface area contributed by atoms with Crippen LogP contribution in [0, 0.1) is 6.92 Å². The number of nitrogens with one attached hydrogen (secondary N) is 1. The van der Waals surface area contributed by atoms with E-state index in [9.17, 15) is 18.0 Å². The molecule has 94 valence electrons. The van der Waals surface area contributed by atoms with Crippen molar-refractivity contribution >= 4 is 5.91 Å². The molecule has 0 fully saturated rings. The van der Waals surface area contributed by atoms with Crippen molar-refractivity contribution in [3.05, 3.63) is 30.1 Å². The maximum absolute atomic E-state index is 11.9. The molecule has 0 saturated heterocycles. The van der Waals surface area contributed by atoms with Gasteiger partial charge in [0.2, 0.25) is 6.04 Å². The summed E-state index contributed by atoms with van der Waals surface area (Å²) in [5, 5.41) is 1.86. The van der Waals surface area contributed by atoms with Crippen molar-refractivity contribution in [3.63, 3.8) is 0 Å². The molecule has 0 bridgehead atoms. The lowest BCUT2D eigenvalue weighted by Crippen LogP contribution is -2.49. The number of halogens is 3. The molecule has 1 heterocycles. The van der Waals surface area contributed by atoms with Crippen LogP contribution in [0.5, 0.6) is 0 Å². The molecule has 1 atom stereocenters. The van der Waals surface area contributed by atoms with Crippen molar-refractivity contribution in [2.24, 2.45) is 0 Å². The minimum absolute atomic E-state index is 0.651. The Morgan fingerprint density at radius 3 is 2.65 bits per heavy atom. The van der Waals surface area contributed by atoms with Gasteiger partial charge < -0.3 is 5.32 Å². The largest absolute Gasteiger partial charge is 0.405 e. The van der Waals surface area contributed by atoms with Crippen LogP contribution in [0.25, 0.3) is 0 Å². The molecule has 1 amide bonds. The standard InChI is InChI=1S/C11H13F3N2O/c1-8-5-3-4-6-16(8)9(2)10(17)15-7-11(12,13)14/h3-6,9H,7H2,1-2H3/p+1/t9-/m1/s1. The number of carbonyl (C=O) groups is 1. The molecule has 1 aromatic heterocycles. The van der Waals surface area contributed by atoms with Gasteiger partial charge in [-0.3, -0.25) is 4.79 Å². The van der Waals surface area contributed by atoms with Crippen LogP contribution in [0.15, 0.2) is 24.4 Å². The summed E-state index contributed by atoms with van der Waals surface area (Å²) in [5.74, 6) is -0.651. The molecule has 1 N–H and O–H groups in total. The lowest BCUT2D eigenvalue weighted by Gasteiger charge is -2.11. The van der Waals surface area contributed by atoms with Gasteiger partial charge in [-0.2, -0.15) is 17.7 Å². The number of hydrogen-bond acceptors (Lipinski definition) is 1. The number of nitrogens with zero attached hydrogens (tertiary/aromatic N) is 1. The van der Waals surface area contributed by atoms with Crippen molar-refractivity contribution in [3.8, 4) is 0 Å². The summed E-state index contributed by atoms with van der Waals surface area (Å²) in [6, 6.07) is 4.64. The van der Waals surface area contributed by atoms with E-state index in [1.54, 1.807) is 42.8 Å². The zero-order chi connectivity index (χ0) is 13.1. The highest BCUT2D eigenvalue weighted by Gasteiger charge is 2.31. The van der Waals surface area contributed by atoms with Gasteiger partial charge in [-0.1, -0.05) is 6.07 Å². The number of amides is 1. The van der Waals surface area contributed by atoms with Crippen LogP contribution in [-0.2, 0) is 4.79 Å². The van der Waals surface area contributed by atoms with Gasteiger partial charge in [0.1, 0.15) is 6.54 Å². The van der Waals surface area contributed by atoms with Crippen molar-refractivity contribution in [2.75, 3.05) is 6.54 Å². The summed E-state index contributed by atoms with van der Waals surface area (Å²) in [6.07, 6.45) is -2.72. The van der Waals surface area contributed by atoms with Crippen LogP contribution in [0.2, 0.25) is 0 Å². The summed E-state index contributed by atoms with van der Waals surface area (Å²) in [7, 11) is 0. The van der Waals surface area contributed by atoms with E-state index in [1.165, 1.54) is 0 Å². The topological polar surface area (TPSA) is 33.0 Å². The van der Waals surface area contributed by atoms with Crippen molar-refractivity contribution in [2.45, 2.75) is 26.1 Å². The highest BCUT2D eigenvalue weighted by Crippen LogP contribution is 2.12. The predicted octanol–water partition coefficient (Wildman–Crippen LogP) is 1.52. The Balaban J connectivity index is 2.68. The van der Waals surface area contributed by atoms with Crippen LogP contribution in [0.4, 0.5) is 13.2 Å². The van der Waals surface area contributed by atoms with Crippen LogP contribution in [0.1, 0.15) is 18.7 Å². The molecule has 1 aromatic rings. The number of alkyl halides is 3. The number of hydrogen-bond donors (Lipinski definition) is 1. The first-order valence-corrected chi connectivity index (χ1v) is 5.12. The Bertz CT molecular complexity index is 404. The monoisotopic (exact) mass is 247 g/mol. The lowest BCUT2D eigenvalue weighted by atomic mass is 10.2. The molecule has 0 unspecified atom stereocenters. The molecule has 0 radical (unpaired) electrons. The van der Waals surface area contributed by atoms with Crippen molar-refractivity contribution < 1.29 is 22.5 Å². The smallest absolute Gasteiger partial charge is 0.341 e. The Labute approximate surface area is 97.3 Å². The predicted molar refractivity (Wildman–Crippen MR) is 55.1 cm³/mol. The van der Waals surface area contributed by atoms with E-state index in [0.29, 0.717) is 0 Å². The Kier molecular flexibility index (Phi) is 4.09. The average Bonchev–Trinajstić information content (AvgIpc) is 2.24. The fourth-order valence-corrected chi connectivity index (χ4v) is 1.44. The summed E-state index contributed by atoms with van der Waals surface area (Å²) in [5.41, 5.74) is 0.808. The molecule has 3 nitrogen and oxygen atoms in total. The van der Waals surface area contributed by atoms with E-state index in [4.69, 9.17) is 0 Å². The van der Waals surface area contributed by atoms with Gasteiger partial charge in [0, 0.05) is 26.0 Å². The number of pyridine rings is 1. The molecule has 0 aromatic carbocycles.